The maximum atomic E-state index is 3.94. The molecule has 0 aliphatic carbocycles. The van der Waals surface area contributed by atoms with Crippen LogP contribution in [0.2, 0.25) is 0 Å². The Labute approximate surface area is 68.1 Å². The molecule has 0 saturated carbocycles. The predicted octanol–water partition coefficient (Wildman–Crippen LogP) is 3.50. The van der Waals surface area contributed by atoms with Crippen molar-refractivity contribution in [2.75, 3.05) is 0 Å². The molecule has 0 spiro atoms. The Bertz CT molecular complexity index is 113. The molecule has 0 aromatic carbocycles. The Morgan fingerprint density at radius 2 is 1.70 bits per heavy atom. The lowest BCUT2D eigenvalue weighted by atomic mass is 10.8. The van der Waals surface area contributed by atoms with Gasteiger partial charge in [-0.3, -0.25) is 4.98 Å². The molecular formula is C8H17NS. The number of nitrogens with zero attached hydrogens (tertiary/aromatic N) is 1. The molecular weight excluding hydrogens is 142 g/mol. The average molecular weight is 159 g/mol. The van der Waals surface area contributed by atoms with E-state index in [2.05, 4.69) is 4.98 Å². The number of hydrogen-bond donors (Lipinski definition) is 0. The van der Waals surface area contributed by atoms with Crippen LogP contribution in [0.4, 0.5) is 0 Å². The first-order valence-electron chi connectivity index (χ1n) is 3.75. The lowest BCUT2D eigenvalue weighted by Crippen LogP contribution is -1.56. The van der Waals surface area contributed by atoms with Gasteiger partial charge in [0, 0.05) is 11.6 Å². The molecule has 10 heavy (non-hydrogen) atoms. The smallest absolute Gasteiger partial charge is 0.0893 e. The SMILES string of the molecule is CC.CC.Cc1nccs1. The highest BCUT2D eigenvalue weighted by Gasteiger charge is 1.76. The van der Waals surface area contributed by atoms with Gasteiger partial charge in [0.2, 0.25) is 0 Å². The molecule has 0 saturated heterocycles. The molecule has 1 aromatic heterocycles. The standard InChI is InChI=1S/C4H5NS.2C2H6/c1-4-5-2-3-6-4;2*1-2/h2-3H,1H3;2*1-2H3. The van der Waals surface area contributed by atoms with E-state index in [1.807, 2.05) is 40.0 Å². The quantitative estimate of drug-likeness (QED) is 0.564. The van der Waals surface area contributed by atoms with Gasteiger partial charge in [0.25, 0.3) is 0 Å². The fourth-order valence-corrected chi connectivity index (χ4v) is 0.735. The van der Waals surface area contributed by atoms with Gasteiger partial charge < -0.3 is 0 Å². The van der Waals surface area contributed by atoms with Gasteiger partial charge in [0.1, 0.15) is 0 Å². The Balaban J connectivity index is 0. The van der Waals surface area contributed by atoms with E-state index in [9.17, 15) is 0 Å². The summed E-state index contributed by atoms with van der Waals surface area (Å²) in [6, 6.07) is 0. The Hall–Kier alpha value is -0.370. The highest BCUT2D eigenvalue weighted by molar-refractivity contribution is 7.09. The fourth-order valence-electron chi connectivity index (χ4n) is 0.295. The number of hydrogen-bond acceptors (Lipinski definition) is 2. The number of thiazole rings is 1. The van der Waals surface area contributed by atoms with Crippen molar-refractivity contribution in [2.24, 2.45) is 0 Å². The molecule has 1 nitrogen and oxygen atoms in total. The van der Waals surface area contributed by atoms with Crippen molar-refractivity contribution in [3.63, 3.8) is 0 Å². The van der Waals surface area contributed by atoms with Gasteiger partial charge in [-0.25, -0.2) is 0 Å². The van der Waals surface area contributed by atoms with Crippen LogP contribution >= 0.6 is 11.3 Å². The van der Waals surface area contributed by atoms with Crippen LogP contribution in [0, 0.1) is 6.92 Å². The zero-order chi connectivity index (χ0) is 8.41. The van der Waals surface area contributed by atoms with Gasteiger partial charge in [-0.2, -0.15) is 0 Å². The topological polar surface area (TPSA) is 12.9 Å². The van der Waals surface area contributed by atoms with E-state index >= 15 is 0 Å². The zero-order valence-corrected chi connectivity index (χ0v) is 8.33. The van der Waals surface area contributed by atoms with Gasteiger partial charge in [-0.1, -0.05) is 27.7 Å². The maximum absolute atomic E-state index is 3.94. The van der Waals surface area contributed by atoms with Crippen molar-refractivity contribution in [3.05, 3.63) is 16.6 Å². The van der Waals surface area contributed by atoms with E-state index in [-0.39, 0.29) is 0 Å². The second-order valence-corrected chi connectivity index (χ2v) is 2.15. The molecule has 0 unspecified atom stereocenters. The van der Waals surface area contributed by atoms with Crippen LogP contribution < -0.4 is 0 Å². The summed E-state index contributed by atoms with van der Waals surface area (Å²) in [5, 5.41) is 3.10. The van der Waals surface area contributed by atoms with Crippen LogP contribution in [-0.4, -0.2) is 4.98 Å². The zero-order valence-electron chi connectivity index (χ0n) is 7.51. The first-order valence-corrected chi connectivity index (χ1v) is 4.63. The third kappa shape index (κ3) is 7.63. The molecule has 1 heterocycles. The average Bonchev–Trinajstić information content (AvgIpc) is 2.48. The van der Waals surface area contributed by atoms with Crippen molar-refractivity contribution in [3.8, 4) is 0 Å². The predicted molar refractivity (Wildman–Crippen MR) is 49.5 cm³/mol. The summed E-state index contributed by atoms with van der Waals surface area (Å²) in [6.07, 6.45) is 1.81. The molecule has 60 valence electrons. The summed E-state index contributed by atoms with van der Waals surface area (Å²) in [5.41, 5.74) is 0. The summed E-state index contributed by atoms with van der Waals surface area (Å²) < 4.78 is 0. The van der Waals surface area contributed by atoms with Crippen LogP contribution in [0.5, 0.6) is 0 Å². The summed E-state index contributed by atoms with van der Waals surface area (Å²) in [4.78, 5) is 3.94. The molecule has 1 rings (SSSR count). The molecule has 0 atom stereocenters. The molecule has 0 bridgehead atoms. The van der Waals surface area contributed by atoms with Crippen molar-refractivity contribution in [1.29, 1.82) is 0 Å². The van der Waals surface area contributed by atoms with Gasteiger partial charge in [-0.15, -0.1) is 11.3 Å². The molecule has 0 fully saturated rings. The molecule has 0 N–H and O–H groups in total. The minimum absolute atomic E-state index is 1.13. The number of aromatic nitrogens is 1. The minimum atomic E-state index is 1.13. The van der Waals surface area contributed by atoms with Crippen LogP contribution in [0.25, 0.3) is 0 Å². The normalized spacial score (nSPS) is 6.50. The molecule has 0 radical (unpaired) electrons. The second kappa shape index (κ2) is 11.4. The molecule has 0 aliphatic rings. The van der Waals surface area contributed by atoms with E-state index in [1.165, 1.54) is 0 Å². The van der Waals surface area contributed by atoms with Gasteiger partial charge in [-0.05, 0) is 6.92 Å². The van der Waals surface area contributed by atoms with Crippen LogP contribution in [0.3, 0.4) is 0 Å². The third-order valence-electron chi connectivity index (χ3n) is 0.556. The van der Waals surface area contributed by atoms with Gasteiger partial charge in [0.05, 0.1) is 5.01 Å². The Kier molecular flexibility index (Phi) is 14.1. The summed E-state index contributed by atoms with van der Waals surface area (Å²) >= 11 is 1.67. The van der Waals surface area contributed by atoms with Crippen molar-refractivity contribution < 1.29 is 0 Å². The Morgan fingerprint density at radius 3 is 1.80 bits per heavy atom. The van der Waals surface area contributed by atoms with E-state index in [0.29, 0.717) is 0 Å². The van der Waals surface area contributed by atoms with E-state index in [4.69, 9.17) is 0 Å². The van der Waals surface area contributed by atoms with Gasteiger partial charge >= 0.3 is 0 Å². The third-order valence-corrected chi connectivity index (χ3v) is 1.26. The summed E-state index contributed by atoms with van der Waals surface area (Å²) in [5.74, 6) is 0. The lowest BCUT2D eigenvalue weighted by Gasteiger charge is -1.65. The van der Waals surface area contributed by atoms with Crippen molar-refractivity contribution >= 4 is 11.3 Å². The monoisotopic (exact) mass is 159 g/mol. The summed E-state index contributed by atoms with van der Waals surface area (Å²) in [6.45, 7) is 9.99. The van der Waals surface area contributed by atoms with E-state index < -0.39 is 0 Å². The van der Waals surface area contributed by atoms with E-state index in [0.717, 1.165) is 5.01 Å². The number of rotatable bonds is 0. The molecule has 2 heteroatoms. The first-order chi connectivity index (χ1) is 4.89. The Morgan fingerprint density at radius 1 is 1.20 bits per heavy atom. The lowest BCUT2D eigenvalue weighted by molar-refractivity contribution is 1.30. The van der Waals surface area contributed by atoms with Crippen molar-refractivity contribution in [1.82, 2.24) is 4.98 Å². The van der Waals surface area contributed by atoms with Gasteiger partial charge in [0.15, 0.2) is 0 Å². The van der Waals surface area contributed by atoms with Crippen LogP contribution in [0.15, 0.2) is 11.6 Å². The molecule has 0 aliphatic heterocycles. The molecule has 0 amide bonds. The summed E-state index contributed by atoms with van der Waals surface area (Å²) in [7, 11) is 0. The maximum Gasteiger partial charge on any atom is 0.0893 e. The van der Waals surface area contributed by atoms with E-state index in [1.54, 1.807) is 17.5 Å². The minimum Gasteiger partial charge on any atom is -0.250 e. The van der Waals surface area contributed by atoms with Crippen LogP contribution in [0.1, 0.15) is 32.7 Å². The highest BCUT2D eigenvalue weighted by Crippen LogP contribution is 1.98. The largest absolute Gasteiger partial charge is 0.250 e. The number of aryl methyl sites for hydroxylation is 1. The first kappa shape index (κ1) is 12.3. The van der Waals surface area contributed by atoms with Crippen LogP contribution in [-0.2, 0) is 0 Å². The van der Waals surface area contributed by atoms with Crippen molar-refractivity contribution in [2.45, 2.75) is 34.6 Å². The fraction of sp³-hybridized carbons (Fsp3) is 0.625. The second-order valence-electron chi connectivity index (χ2n) is 1.05. The highest BCUT2D eigenvalue weighted by atomic mass is 32.1. The molecule has 1 aromatic rings.